The topological polar surface area (TPSA) is 71.5 Å². The lowest BCUT2D eigenvalue weighted by Crippen LogP contribution is -2.48. The van der Waals surface area contributed by atoms with Gasteiger partial charge in [-0.1, -0.05) is 41.9 Å². The summed E-state index contributed by atoms with van der Waals surface area (Å²) in [4.78, 5) is 32.4. The molecule has 1 fully saturated rings. The Labute approximate surface area is 202 Å². The quantitative estimate of drug-likeness (QED) is 0.505. The number of hydrogen-bond acceptors (Lipinski definition) is 6. The summed E-state index contributed by atoms with van der Waals surface area (Å²) in [6.07, 6.45) is 2.09. The number of esters is 1. The van der Waals surface area contributed by atoms with Crippen molar-refractivity contribution in [3.63, 3.8) is 0 Å². The SMILES string of the molecule is COC(=O)Cc1ccccc1N1CCCC(NC(=O)c2sc(-c3ccc(Cl)cc3)nc2C)C1. The van der Waals surface area contributed by atoms with Gasteiger partial charge in [-0.15, -0.1) is 11.3 Å². The van der Waals surface area contributed by atoms with Crippen molar-refractivity contribution < 1.29 is 14.3 Å². The van der Waals surface area contributed by atoms with Gasteiger partial charge < -0.3 is 15.0 Å². The first kappa shape index (κ1) is 23.3. The third-order valence-corrected chi connectivity index (χ3v) is 7.20. The molecule has 1 aliphatic heterocycles. The fraction of sp³-hybridized carbons (Fsp3) is 0.320. The highest BCUT2D eigenvalue weighted by atomic mass is 35.5. The van der Waals surface area contributed by atoms with Gasteiger partial charge in [0.05, 0.1) is 19.2 Å². The molecular weight excluding hydrogens is 458 g/mol. The second kappa shape index (κ2) is 10.4. The van der Waals surface area contributed by atoms with Crippen molar-refractivity contribution >= 4 is 40.5 Å². The summed E-state index contributed by atoms with van der Waals surface area (Å²) in [7, 11) is 1.40. The molecule has 172 valence electrons. The number of para-hydroxylation sites is 1. The van der Waals surface area contributed by atoms with Gasteiger partial charge in [0.2, 0.25) is 0 Å². The number of nitrogens with one attached hydrogen (secondary N) is 1. The number of methoxy groups -OCH3 is 1. The number of benzene rings is 2. The van der Waals surface area contributed by atoms with Gasteiger partial charge in [0, 0.05) is 35.4 Å². The number of rotatable bonds is 6. The summed E-state index contributed by atoms with van der Waals surface area (Å²) in [5.41, 5.74) is 3.61. The number of nitrogens with zero attached hydrogens (tertiary/aromatic N) is 2. The molecule has 2 heterocycles. The summed E-state index contributed by atoms with van der Waals surface area (Å²) < 4.78 is 4.84. The number of anilines is 1. The molecule has 1 N–H and O–H groups in total. The molecule has 0 saturated carbocycles. The Morgan fingerprint density at radius 1 is 1.21 bits per heavy atom. The maximum absolute atomic E-state index is 13.1. The fourth-order valence-corrected chi connectivity index (χ4v) is 5.19. The van der Waals surface area contributed by atoms with Crippen LogP contribution >= 0.6 is 22.9 Å². The van der Waals surface area contributed by atoms with Crippen LogP contribution in [-0.2, 0) is 16.0 Å². The minimum Gasteiger partial charge on any atom is -0.469 e. The zero-order chi connectivity index (χ0) is 23.4. The Kier molecular flexibility index (Phi) is 7.30. The van der Waals surface area contributed by atoms with Crippen LogP contribution in [0.4, 0.5) is 5.69 Å². The number of piperidine rings is 1. The normalized spacial score (nSPS) is 15.8. The van der Waals surface area contributed by atoms with Crippen LogP contribution in [0.5, 0.6) is 0 Å². The molecule has 8 heteroatoms. The van der Waals surface area contributed by atoms with Gasteiger partial charge in [-0.2, -0.15) is 0 Å². The molecule has 0 bridgehead atoms. The zero-order valence-corrected chi connectivity index (χ0v) is 20.2. The van der Waals surface area contributed by atoms with Crippen molar-refractivity contribution in [3.8, 4) is 10.6 Å². The van der Waals surface area contributed by atoms with E-state index in [4.69, 9.17) is 16.3 Å². The fourth-order valence-electron chi connectivity index (χ4n) is 4.08. The summed E-state index contributed by atoms with van der Waals surface area (Å²) in [5, 5.41) is 4.67. The molecule has 1 amide bonds. The highest BCUT2D eigenvalue weighted by Crippen LogP contribution is 2.29. The van der Waals surface area contributed by atoms with Crippen molar-refractivity contribution in [2.75, 3.05) is 25.1 Å². The van der Waals surface area contributed by atoms with Crippen LogP contribution in [0.15, 0.2) is 48.5 Å². The third kappa shape index (κ3) is 5.54. The van der Waals surface area contributed by atoms with Gasteiger partial charge in [0.25, 0.3) is 5.91 Å². The first-order chi connectivity index (χ1) is 15.9. The number of aryl methyl sites for hydroxylation is 1. The molecular formula is C25H26ClN3O3S. The van der Waals surface area contributed by atoms with E-state index in [1.165, 1.54) is 18.4 Å². The number of amides is 1. The van der Waals surface area contributed by atoms with E-state index in [0.29, 0.717) is 16.4 Å². The van der Waals surface area contributed by atoms with E-state index in [-0.39, 0.29) is 24.3 Å². The van der Waals surface area contributed by atoms with Gasteiger partial charge in [-0.05, 0) is 43.5 Å². The number of aromatic nitrogens is 1. The Morgan fingerprint density at radius 3 is 2.73 bits per heavy atom. The van der Waals surface area contributed by atoms with E-state index in [2.05, 4.69) is 15.2 Å². The molecule has 33 heavy (non-hydrogen) atoms. The molecule has 3 aromatic rings. The maximum atomic E-state index is 13.1. The second-order valence-electron chi connectivity index (χ2n) is 8.08. The average Bonchev–Trinajstić information content (AvgIpc) is 3.21. The summed E-state index contributed by atoms with van der Waals surface area (Å²) >= 11 is 7.38. The van der Waals surface area contributed by atoms with Gasteiger partial charge in [-0.25, -0.2) is 4.98 Å². The zero-order valence-electron chi connectivity index (χ0n) is 18.6. The molecule has 1 aromatic heterocycles. The Morgan fingerprint density at radius 2 is 1.97 bits per heavy atom. The van der Waals surface area contributed by atoms with Gasteiger partial charge >= 0.3 is 5.97 Å². The van der Waals surface area contributed by atoms with Gasteiger partial charge in [0.1, 0.15) is 9.88 Å². The third-order valence-electron chi connectivity index (χ3n) is 5.75. The summed E-state index contributed by atoms with van der Waals surface area (Å²) in [5.74, 6) is -0.360. The van der Waals surface area contributed by atoms with E-state index in [9.17, 15) is 9.59 Å². The molecule has 0 radical (unpaired) electrons. The van der Waals surface area contributed by atoms with Crippen LogP contribution in [0.2, 0.25) is 5.02 Å². The van der Waals surface area contributed by atoms with E-state index in [0.717, 1.165) is 46.9 Å². The molecule has 4 rings (SSSR count). The number of thiazole rings is 1. The van der Waals surface area contributed by atoms with Crippen molar-refractivity contribution in [2.45, 2.75) is 32.2 Å². The number of carbonyl (C=O) groups is 2. The molecule has 1 atom stereocenters. The van der Waals surface area contributed by atoms with Crippen LogP contribution in [0.3, 0.4) is 0 Å². The predicted octanol–water partition coefficient (Wildman–Crippen LogP) is 4.89. The van der Waals surface area contributed by atoms with Gasteiger partial charge in [-0.3, -0.25) is 9.59 Å². The Balaban J connectivity index is 1.46. The molecule has 0 spiro atoms. The summed E-state index contributed by atoms with van der Waals surface area (Å²) in [6, 6.07) is 15.3. The molecule has 6 nitrogen and oxygen atoms in total. The molecule has 1 saturated heterocycles. The van der Waals surface area contributed by atoms with E-state index >= 15 is 0 Å². The smallest absolute Gasteiger partial charge is 0.310 e. The highest BCUT2D eigenvalue weighted by Gasteiger charge is 2.25. The summed E-state index contributed by atoms with van der Waals surface area (Å²) in [6.45, 7) is 3.43. The Bertz CT molecular complexity index is 1150. The molecule has 1 unspecified atom stereocenters. The van der Waals surface area contributed by atoms with Crippen LogP contribution in [0.25, 0.3) is 10.6 Å². The van der Waals surface area contributed by atoms with Crippen molar-refractivity contribution in [2.24, 2.45) is 0 Å². The van der Waals surface area contributed by atoms with Crippen LogP contribution in [-0.4, -0.2) is 43.1 Å². The van der Waals surface area contributed by atoms with E-state index in [1.54, 1.807) is 0 Å². The van der Waals surface area contributed by atoms with Crippen molar-refractivity contribution in [3.05, 3.63) is 69.7 Å². The standard InChI is InChI=1S/C25H26ClN3O3S/c1-16-23(33-25(27-16)17-9-11-19(26)12-10-17)24(31)28-20-7-5-13-29(15-20)21-8-4-3-6-18(21)14-22(30)32-2/h3-4,6,8-12,20H,5,7,13-15H2,1-2H3,(H,28,31). The average molecular weight is 484 g/mol. The van der Waals surface area contributed by atoms with Crippen LogP contribution in [0.1, 0.15) is 33.8 Å². The number of ether oxygens (including phenoxy) is 1. The lowest BCUT2D eigenvalue weighted by Gasteiger charge is -2.35. The predicted molar refractivity (Wildman–Crippen MR) is 132 cm³/mol. The molecule has 1 aliphatic rings. The second-order valence-corrected chi connectivity index (χ2v) is 9.52. The number of hydrogen-bond donors (Lipinski definition) is 1. The number of carbonyl (C=O) groups excluding carboxylic acids is 2. The number of halogens is 1. The maximum Gasteiger partial charge on any atom is 0.310 e. The minimum atomic E-state index is -0.263. The lowest BCUT2D eigenvalue weighted by molar-refractivity contribution is -0.139. The lowest BCUT2D eigenvalue weighted by atomic mass is 10.0. The van der Waals surface area contributed by atoms with Crippen LogP contribution < -0.4 is 10.2 Å². The molecule has 2 aromatic carbocycles. The first-order valence-electron chi connectivity index (χ1n) is 10.9. The van der Waals surface area contributed by atoms with E-state index in [1.807, 2.05) is 55.5 Å². The van der Waals surface area contributed by atoms with Gasteiger partial charge in [0.15, 0.2) is 0 Å². The molecule has 0 aliphatic carbocycles. The van der Waals surface area contributed by atoms with E-state index < -0.39 is 0 Å². The first-order valence-corrected chi connectivity index (χ1v) is 12.1. The Hall–Kier alpha value is -2.90. The minimum absolute atomic E-state index is 0.0120. The van der Waals surface area contributed by atoms with Crippen molar-refractivity contribution in [1.29, 1.82) is 0 Å². The van der Waals surface area contributed by atoms with Crippen LogP contribution in [0, 0.1) is 6.92 Å². The largest absolute Gasteiger partial charge is 0.469 e. The van der Waals surface area contributed by atoms with Crippen molar-refractivity contribution in [1.82, 2.24) is 10.3 Å². The monoisotopic (exact) mass is 483 g/mol. The highest BCUT2D eigenvalue weighted by molar-refractivity contribution is 7.17.